The Balaban J connectivity index is 2.87. The van der Waals surface area contributed by atoms with Gasteiger partial charge >= 0.3 is 5.69 Å². The maximum absolute atomic E-state index is 11.0. The second kappa shape index (κ2) is 6.78. The van der Waals surface area contributed by atoms with Gasteiger partial charge in [0.15, 0.2) is 5.75 Å². The summed E-state index contributed by atoms with van der Waals surface area (Å²) in [5, 5.41) is 14.3. The van der Waals surface area contributed by atoms with Crippen LogP contribution in [0.25, 0.3) is 0 Å². The molecule has 0 bridgehead atoms. The van der Waals surface area contributed by atoms with E-state index >= 15 is 0 Å². The van der Waals surface area contributed by atoms with E-state index in [9.17, 15) is 10.1 Å². The van der Waals surface area contributed by atoms with Gasteiger partial charge in [-0.05, 0) is 31.2 Å². The zero-order valence-electron chi connectivity index (χ0n) is 13.8. The van der Waals surface area contributed by atoms with E-state index in [4.69, 9.17) is 4.74 Å². The van der Waals surface area contributed by atoms with E-state index in [1.807, 2.05) is 13.8 Å². The van der Waals surface area contributed by atoms with Crippen LogP contribution in [0, 0.1) is 21.4 Å². The average molecular weight is 294 g/mol. The van der Waals surface area contributed by atoms with Crippen molar-refractivity contribution in [3.8, 4) is 5.75 Å². The number of nitro groups is 1. The van der Waals surface area contributed by atoms with Gasteiger partial charge in [-0.15, -0.1) is 0 Å². The standard InChI is InChI=1S/C16H26N2O3/c1-11(2)21-15-9-13(7-8-14(15)18(19)20)17-10-12(3)16(4,5)6/h7-9,11-12,17H,10H2,1-6H3. The van der Waals surface area contributed by atoms with E-state index in [-0.39, 0.29) is 17.2 Å². The molecule has 5 heteroatoms. The van der Waals surface area contributed by atoms with Gasteiger partial charge in [-0.1, -0.05) is 27.7 Å². The first-order valence-electron chi connectivity index (χ1n) is 7.30. The van der Waals surface area contributed by atoms with Crippen LogP contribution < -0.4 is 10.1 Å². The van der Waals surface area contributed by atoms with Crippen molar-refractivity contribution in [3.05, 3.63) is 28.3 Å². The number of anilines is 1. The summed E-state index contributed by atoms with van der Waals surface area (Å²) in [4.78, 5) is 10.6. The third-order valence-electron chi connectivity index (χ3n) is 3.61. The Hall–Kier alpha value is -1.78. The molecule has 1 rings (SSSR count). The highest BCUT2D eigenvalue weighted by Gasteiger charge is 2.20. The molecule has 0 fully saturated rings. The lowest BCUT2D eigenvalue weighted by Crippen LogP contribution is -2.24. The molecule has 1 aromatic rings. The lowest BCUT2D eigenvalue weighted by molar-refractivity contribution is -0.386. The summed E-state index contributed by atoms with van der Waals surface area (Å²) in [6.45, 7) is 13.3. The van der Waals surface area contributed by atoms with Crippen LogP contribution in [0.15, 0.2) is 18.2 Å². The molecule has 0 aliphatic heterocycles. The zero-order chi connectivity index (χ0) is 16.2. The molecular formula is C16H26N2O3. The first-order chi connectivity index (χ1) is 9.61. The van der Waals surface area contributed by atoms with Crippen LogP contribution in [-0.4, -0.2) is 17.6 Å². The summed E-state index contributed by atoms with van der Waals surface area (Å²) in [7, 11) is 0. The number of benzene rings is 1. The Bertz CT molecular complexity index is 493. The molecular weight excluding hydrogens is 268 g/mol. The normalized spacial score (nSPS) is 13.1. The second-order valence-electron chi connectivity index (χ2n) is 6.75. The summed E-state index contributed by atoms with van der Waals surface area (Å²) in [5.41, 5.74) is 1.05. The van der Waals surface area contributed by atoms with Crippen molar-refractivity contribution in [1.82, 2.24) is 0 Å². The third kappa shape index (κ3) is 5.25. The van der Waals surface area contributed by atoms with Gasteiger partial charge in [-0.2, -0.15) is 0 Å². The van der Waals surface area contributed by atoms with Crippen LogP contribution in [-0.2, 0) is 0 Å². The Morgan fingerprint density at radius 2 is 1.90 bits per heavy atom. The Morgan fingerprint density at radius 1 is 1.29 bits per heavy atom. The first kappa shape index (κ1) is 17.3. The van der Waals surface area contributed by atoms with E-state index < -0.39 is 4.92 Å². The fourth-order valence-electron chi connectivity index (χ4n) is 1.70. The van der Waals surface area contributed by atoms with Gasteiger partial charge in [0.25, 0.3) is 0 Å². The SMILES string of the molecule is CC(C)Oc1cc(NCC(C)C(C)(C)C)ccc1[N+](=O)[O-]. The lowest BCUT2D eigenvalue weighted by Gasteiger charge is -2.27. The highest BCUT2D eigenvalue weighted by molar-refractivity contribution is 5.58. The van der Waals surface area contributed by atoms with Crippen molar-refractivity contribution >= 4 is 11.4 Å². The number of ether oxygens (including phenoxy) is 1. The maximum atomic E-state index is 11.0. The number of hydrogen-bond donors (Lipinski definition) is 1. The van der Waals surface area contributed by atoms with Gasteiger partial charge in [0.1, 0.15) is 0 Å². The van der Waals surface area contributed by atoms with Crippen LogP contribution in [0.2, 0.25) is 0 Å². The zero-order valence-corrected chi connectivity index (χ0v) is 13.8. The molecule has 0 heterocycles. The van der Waals surface area contributed by atoms with Crippen LogP contribution in [0.1, 0.15) is 41.5 Å². The topological polar surface area (TPSA) is 64.4 Å². The number of nitrogens with one attached hydrogen (secondary N) is 1. The summed E-state index contributed by atoms with van der Waals surface area (Å²) in [5.74, 6) is 0.783. The van der Waals surface area contributed by atoms with Gasteiger partial charge in [-0.3, -0.25) is 10.1 Å². The number of nitrogens with zero attached hydrogens (tertiary/aromatic N) is 1. The minimum Gasteiger partial charge on any atom is -0.484 e. The predicted molar refractivity (Wildman–Crippen MR) is 86.0 cm³/mol. The van der Waals surface area contributed by atoms with Gasteiger partial charge in [0.05, 0.1) is 11.0 Å². The summed E-state index contributed by atoms with van der Waals surface area (Å²) >= 11 is 0. The maximum Gasteiger partial charge on any atom is 0.311 e. The molecule has 118 valence electrons. The molecule has 1 unspecified atom stereocenters. The first-order valence-corrected chi connectivity index (χ1v) is 7.30. The largest absolute Gasteiger partial charge is 0.484 e. The van der Waals surface area contributed by atoms with Crippen molar-refractivity contribution in [1.29, 1.82) is 0 Å². The molecule has 0 aliphatic carbocycles. The van der Waals surface area contributed by atoms with Crippen LogP contribution in [0.4, 0.5) is 11.4 Å². The Labute approximate surface area is 126 Å². The smallest absolute Gasteiger partial charge is 0.311 e. The third-order valence-corrected chi connectivity index (χ3v) is 3.61. The van der Waals surface area contributed by atoms with E-state index in [0.717, 1.165) is 12.2 Å². The lowest BCUT2D eigenvalue weighted by atomic mass is 9.82. The molecule has 0 aromatic heterocycles. The minimum atomic E-state index is -0.417. The van der Waals surface area contributed by atoms with Gasteiger partial charge < -0.3 is 10.1 Å². The molecule has 1 atom stereocenters. The molecule has 1 N–H and O–H groups in total. The quantitative estimate of drug-likeness (QED) is 0.620. The molecule has 0 saturated carbocycles. The number of nitro benzene ring substituents is 1. The second-order valence-corrected chi connectivity index (χ2v) is 6.75. The van der Waals surface area contributed by atoms with Gasteiger partial charge in [0, 0.05) is 24.4 Å². The van der Waals surface area contributed by atoms with Crippen molar-refractivity contribution in [2.45, 2.75) is 47.6 Å². The minimum absolute atomic E-state index is 0.00174. The van der Waals surface area contributed by atoms with Crippen LogP contribution >= 0.6 is 0 Å². The molecule has 0 aliphatic rings. The van der Waals surface area contributed by atoms with Crippen LogP contribution in [0.5, 0.6) is 5.75 Å². The van der Waals surface area contributed by atoms with E-state index in [1.165, 1.54) is 6.07 Å². The predicted octanol–water partition coefficient (Wildman–Crippen LogP) is 4.48. The molecule has 0 amide bonds. The summed E-state index contributed by atoms with van der Waals surface area (Å²) < 4.78 is 5.54. The number of hydrogen-bond acceptors (Lipinski definition) is 4. The highest BCUT2D eigenvalue weighted by Crippen LogP contribution is 2.32. The Kier molecular flexibility index (Phi) is 5.58. The van der Waals surface area contributed by atoms with Crippen LogP contribution in [0.3, 0.4) is 0 Å². The average Bonchev–Trinajstić information content (AvgIpc) is 2.33. The van der Waals surface area contributed by atoms with Crippen molar-refractivity contribution in [3.63, 3.8) is 0 Å². The number of rotatable bonds is 6. The van der Waals surface area contributed by atoms with E-state index in [0.29, 0.717) is 11.7 Å². The molecule has 0 saturated heterocycles. The van der Waals surface area contributed by atoms with Crippen molar-refractivity contribution in [2.75, 3.05) is 11.9 Å². The molecule has 21 heavy (non-hydrogen) atoms. The molecule has 1 aromatic carbocycles. The Morgan fingerprint density at radius 3 is 2.38 bits per heavy atom. The molecule has 0 radical (unpaired) electrons. The summed E-state index contributed by atoms with van der Waals surface area (Å²) in [6, 6.07) is 4.91. The molecule has 0 spiro atoms. The van der Waals surface area contributed by atoms with Crippen molar-refractivity contribution in [2.24, 2.45) is 11.3 Å². The van der Waals surface area contributed by atoms with Gasteiger partial charge in [0.2, 0.25) is 0 Å². The van der Waals surface area contributed by atoms with E-state index in [1.54, 1.807) is 12.1 Å². The fourth-order valence-corrected chi connectivity index (χ4v) is 1.70. The monoisotopic (exact) mass is 294 g/mol. The fraction of sp³-hybridized carbons (Fsp3) is 0.625. The highest BCUT2D eigenvalue weighted by atomic mass is 16.6. The summed E-state index contributed by atoms with van der Waals surface area (Å²) in [6.07, 6.45) is -0.104. The molecule has 5 nitrogen and oxygen atoms in total. The van der Waals surface area contributed by atoms with Gasteiger partial charge in [-0.25, -0.2) is 0 Å². The van der Waals surface area contributed by atoms with Crippen molar-refractivity contribution < 1.29 is 9.66 Å². The van der Waals surface area contributed by atoms with E-state index in [2.05, 4.69) is 33.0 Å².